The van der Waals surface area contributed by atoms with E-state index in [-0.39, 0.29) is 9.92 Å². The maximum Gasteiger partial charge on any atom is 0.244 e. The molecule has 7 heteroatoms. The van der Waals surface area contributed by atoms with E-state index in [1.165, 1.54) is 10.4 Å². The highest BCUT2D eigenvalue weighted by Crippen LogP contribution is 2.40. The van der Waals surface area contributed by atoms with Crippen molar-refractivity contribution in [2.45, 2.75) is 48.7 Å². The van der Waals surface area contributed by atoms with Gasteiger partial charge < -0.3 is 9.84 Å². The summed E-state index contributed by atoms with van der Waals surface area (Å²) in [5.74, 6) is 0. The lowest BCUT2D eigenvalue weighted by Gasteiger charge is -2.47. The minimum absolute atomic E-state index is 0.147. The van der Waals surface area contributed by atoms with E-state index in [0.717, 1.165) is 0 Å². The van der Waals surface area contributed by atoms with Gasteiger partial charge in [-0.05, 0) is 38.3 Å². The minimum atomic E-state index is -3.59. The molecule has 3 rings (SSSR count). The number of hydrogen-bond donors (Lipinski definition) is 1. The zero-order valence-electron chi connectivity index (χ0n) is 13.2. The molecular weight excluding hydrogens is 338 g/mol. The number of nitrogens with zero attached hydrogens (tertiary/aromatic N) is 1. The molecule has 1 N–H and O–H groups in total. The van der Waals surface area contributed by atoms with Crippen LogP contribution in [-0.2, 0) is 14.8 Å². The highest BCUT2D eigenvalue weighted by molar-refractivity contribution is 7.89. The Kier molecular flexibility index (Phi) is 4.48. The predicted molar refractivity (Wildman–Crippen MR) is 88.0 cm³/mol. The van der Waals surface area contributed by atoms with Crippen LogP contribution in [-0.4, -0.2) is 48.7 Å². The Hall–Kier alpha value is -0.660. The fourth-order valence-electron chi connectivity index (χ4n) is 3.57. The summed E-state index contributed by atoms with van der Waals surface area (Å²) in [6.45, 7) is 3.10. The van der Waals surface area contributed by atoms with Crippen molar-refractivity contribution in [1.29, 1.82) is 0 Å². The minimum Gasteiger partial charge on any atom is -0.390 e. The lowest BCUT2D eigenvalue weighted by molar-refractivity contribution is -0.168. The van der Waals surface area contributed by atoms with E-state index in [1.807, 2.05) is 6.92 Å². The smallest absolute Gasteiger partial charge is 0.244 e. The van der Waals surface area contributed by atoms with Crippen LogP contribution in [0.2, 0.25) is 5.02 Å². The van der Waals surface area contributed by atoms with Gasteiger partial charge in [0.05, 0.1) is 22.8 Å². The van der Waals surface area contributed by atoms with Gasteiger partial charge in [0, 0.05) is 19.5 Å². The number of benzene rings is 1. The summed E-state index contributed by atoms with van der Waals surface area (Å²) >= 11 is 6.04. The van der Waals surface area contributed by atoms with Crippen LogP contribution in [0.3, 0.4) is 0 Å². The summed E-state index contributed by atoms with van der Waals surface area (Å²) in [4.78, 5) is 0.147. The van der Waals surface area contributed by atoms with Crippen LogP contribution < -0.4 is 0 Å². The molecule has 128 valence electrons. The summed E-state index contributed by atoms with van der Waals surface area (Å²) in [6.07, 6.45) is 2.36. The Labute approximate surface area is 142 Å². The van der Waals surface area contributed by atoms with Crippen molar-refractivity contribution in [1.82, 2.24) is 4.31 Å². The highest BCUT2D eigenvalue weighted by atomic mass is 35.5. The Morgan fingerprint density at radius 3 is 2.48 bits per heavy atom. The number of aliphatic hydroxyl groups is 1. The average molecular weight is 360 g/mol. The van der Waals surface area contributed by atoms with Crippen LogP contribution in [0.25, 0.3) is 0 Å². The highest BCUT2D eigenvalue weighted by Gasteiger charge is 2.46. The van der Waals surface area contributed by atoms with Gasteiger partial charge in [-0.25, -0.2) is 8.42 Å². The Balaban J connectivity index is 1.75. The van der Waals surface area contributed by atoms with Gasteiger partial charge in [-0.2, -0.15) is 4.31 Å². The first kappa shape index (κ1) is 17.2. The number of ether oxygens (including phenoxy) is 1. The fourth-order valence-corrected chi connectivity index (χ4v) is 5.50. The van der Waals surface area contributed by atoms with E-state index in [0.29, 0.717) is 45.4 Å². The molecule has 1 atom stereocenters. The predicted octanol–water partition coefficient (Wildman–Crippen LogP) is 2.42. The molecule has 1 unspecified atom stereocenters. The van der Waals surface area contributed by atoms with Gasteiger partial charge in [-0.3, -0.25) is 0 Å². The number of piperidine rings is 1. The van der Waals surface area contributed by atoms with Gasteiger partial charge >= 0.3 is 0 Å². The molecule has 23 heavy (non-hydrogen) atoms. The normalized spacial score (nSPS) is 28.8. The summed E-state index contributed by atoms with van der Waals surface area (Å²) < 4.78 is 32.9. The van der Waals surface area contributed by atoms with Crippen molar-refractivity contribution in [2.75, 3.05) is 19.7 Å². The fraction of sp³-hybridized carbons (Fsp3) is 0.625. The van der Waals surface area contributed by atoms with Crippen LogP contribution in [0.1, 0.15) is 32.6 Å². The first-order valence-corrected chi connectivity index (χ1v) is 9.67. The van der Waals surface area contributed by atoms with Crippen molar-refractivity contribution in [2.24, 2.45) is 0 Å². The lowest BCUT2D eigenvalue weighted by Crippen LogP contribution is -2.54. The molecule has 2 saturated heterocycles. The number of hydrogen-bond acceptors (Lipinski definition) is 4. The summed E-state index contributed by atoms with van der Waals surface area (Å²) in [5.41, 5.74) is -1.14. The molecule has 0 radical (unpaired) electrons. The SMILES string of the molecule is CC1(O)CCOC2(CCN(S(=O)(=O)c3ccccc3Cl)CC2)C1. The lowest BCUT2D eigenvalue weighted by atomic mass is 9.78. The van der Waals surface area contributed by atoms with Crippen LogP contribution in [0.15, 0.2) is 29.2 Å². The van der Waals surface area contributed by atoms with E-state index < -0.39 is 21.2 Å². The quantitative estimate of drug-likeness (QED) is 0.880. The largest absolute Gasteiger partial charge is 0.390 e. The van der Waals surface area contributed by atoms with Crippen LogP contribution in [0.5, 0.6) is 0 Å². The van der Waals surface area contributed by atoms with Gasteiger partial charge in [-0.1, -0.05) is 23.7 Å². The van der Waals surface area contributed by atoms with Gasteiger partial charge in [-0.15, -0.1) is 0 Å². The van der Waals surface area contributed by atoms with Crippen LogP contribution >= 0.6 is 11.6 Å². The first-order chi connectivity index (χ1) is 10.7. The number of rotatable bonds is 2. The molecule has 2 aliphatic rings. The van der Waals surface area contributed by atoms with Gasteiger partial charge in [0.1, 0.15) is 4.90 Å². The van der Waals surface area contributed by atoms with Crippen molar-refractivity contribution in [3.05, 3.63) is 29.3 Å². The van der Waals surface area contributed by atoms with Gasteiger partial charge in [0.15, 0.2) is 0 Å². The maximum absolute atomic E-state index is 12.8. The van der Waals surface area contributed by atoms with Crippen molar-refractivity contribution >= 4 is 21.6 Å². The van der Waals surface area contributed by atoms with E-state index in [9.17, 15) is 13.5 Å². The standard InChI is InChI=1S/C16H22ClNO4S/c1-15(19)8-11-22-16(12-15)6-9-18(10-7-16)23(20,21)14-5-3-2-4-13(14)17/h2-5,19H,6-12H2,1H3. The third-order valence-electron chi connectivity index (χ3n) is 4.84. The molecule has 1 aromatic carbocycles. The monoisotopic (exact) mass is 359 g/mol. The topological polar surface area (TPSA) is 66.8 Å². The molecule has 0 aliphatic carbocycles. The zero-order chi connectivity index (χ0) is 16.7. The van der Waals surface area contributed by atoms with Crippen molar-refractivity contribution in [3.8, 4) is 0 Å². The second-order valence-corrected chi connectivity index (χ2v) is 9.10. The molecule has 0 bridgehead atoms. The summed E-state index contributed by atoms with van der Waals surface area (Å²) in [7, 11) is -3.59. The molecule has 5 nitrogen and oxygen atoms in total. The second kappa shape index (κ2) is 6.01. The number of sulfonamides is 1. The van der Waals surface area contributed by atoms with Gasteiger partial charge in [0.25, 0.3) is 0 Å². The Morgan fingerprint density at radius 1 is 1.22 bits per heavy atom. The molecular formula is C16H22ClNO4S. The average Bonchev–Trinajstić information content (AvgIpc) is 2.46. The van der Waals surface area contributed by atoms with E-state index in [2.05, 4.69) is 0 Å². The molecule has 2 aliphatic heterocycles. The Bertz CT molecular complexity index is 681. The van der Waals surface area contributed by atoms with Gasteiger partial charge in [0.2, 0.25) is 10.0 Å². The van der Waals surface area contributed by atoms with E-state index >= 15 is 0 Å². The molecule has 2 fully saturated rings. The van der Waals surface area contributed by atoms with Crippen LogP contribution in [0, 0.1) is 0 Å². The van der Waals surface area contributed by atoms with E-state index in [1.54, 1.807) is 18.2 Å². The third kappa shape index (κ3) is 3.42. The first-order valence-electron chi connectivity index (χ1n) is 7.85. The molecule has 0 amide bonds. The maximum atomic E-state index is 12.8. The van der Waals surface area contributed by atoms with Crippen molar-refractivity contribution in [3.63, 3.8) is 0 Å². The summed E-state index contributed by atoms with van der Waals surface area (Å²) in [5, 5.41) is 10.5. The molecule has 0 aromatic heterocycles. The number of halogens is 1. The molecule has 2 heterocycles. The van der Waals surface area contributed by atoms with Crippen molar-refractivity contribution < 1.29 is 18.3 Å². The second-order valence-electron chi connectivity index (χ2n) is 6.79. The molecule has 1 spiro atoms. The van der Waals surface area contributed by atoms with Crippen LogP contribution in [0.4, 0.5) is 0 Å². The summed E-state index contributed by atoms with van der Waals surface area (Å²) in [6, 6.07) is 6.50. The zero-order valence-corrected chi connectivity index (χ0v) is 14.7. The molecule has 1 aromatic rings. The Morgan fingerprint density at radius 2 is 1.87 bits per heavy atom. The third-order valence-corrected chi connectivity index (χ3v) is 7.24. The van der Waals surface area contributed by atoms with E-state index in [4.69, 9.17) is 16.3 Å². The molecule has 0 saturated carbocycles.